The van der Waals surface area contributed by atoms with Gasteiger partial charge in [-0.05, 0) is 79.7 Å². The lowest BCUT2D eigenvalue weighted by atomic mass is 10.0. The first-order valence-corrected chi connectivity index (χ1v) is 12.8. The summed E-state index contributed by atoms with van der Waals surface area (Å²) < 4.78 is 5.47. The van der Waals surface area contributed by atoms with Gasteiger partial charge < -0.3 is 19.9 Å². The van der Waals surface area contributed by atoms with Crippen molar-refractivity contribution in [2.75, 3.05) is 39.4 Å². The van der Waals surface area contributed by atoms with E-state index < -0.39 is 0 Å². The average Bonchev–Trinajstić information content (AvgIpc) is 2.86. The smallest absolute Gasteiger partial charge is 0.253 e. The molecule has 0 unspecified atom stereocenters. The third-order valence-corrected chi connectivity index (χ3v) is 7.21. The van der Waals surface area contributed by atoms with Crippen molar-refractivity contribution >= 4 is 28.2 Å². The Labute approximate surface area is 213 Å². The molecule has 2 N–H and O–H groups in total. The third kappa shape index (κ3) is 6.69. The second kappa shape index (κ2) is 11.8. The van der Waals surface area contributed by atoms with E-state index in [1.54, 1.807) is 0 Å². The van der Waals surface area contributed by atoms with Crippen molar-refractivity contribution in [1.29, 1.82) is 0 Å². The highest BCUT2D eigenvalue weighted by atomic mass is 32.1. The van der Waals surface area contributed by atoms with E-state index in [1.165, 1.54) is 16.7 Å². The zero-order valence-corrected chi connectivity index (χ0v) is 21.8. The number of aromatic amines is 1. The molecule has 7 heteroatoms. The van der Waals surface area contributed by atoms with E-state index >= 15 is 0 Å². The van der Waals surface area contributed by atoms with Crippen LogP contribution in [0.5, 0.6) is 0 Å². The predicted octanol–water partition coefficient (Wildman–Crippen LogP) is 4.30. The zero-order chi connectivity index (χ0) is 24.8. The molecule has 1 fully saturated rings. The fourth-order valence-corrected chi connectivity index (χ4v) is 4.84. The Balaban J connectivity index is 1.51. The van der Waals surface area contributed by atoms with Gasteiger partial charge in [-0.3, -0.25) is 9.69 Å². The molecule has 0 bridgehead atoms. The Bertz CT molecular complexity index is 1200. The van der Waals surface area contributed by atoms with E-state index in [-0.39, 0.29) is 11.6 Å². The lowest BCUT2D eigenvalue weighted by Crippen LogP contribution is -2.43. The Morgan fingerprint density at radius 1 is 1.14 bits per heavy atom. The van der Waals surface area contributed by atoms with Crippen LogP contribution >= 0.6 is 12.2 Å². The van der Waals surface area contributed by atoms with Crippen LogP contribution in [0, 0.1) is 13.8 Å². The van der Waals surface area contributed by atoms with E-state index in [2.05, 4.69) is 59.1 Å². The third-order valence-electron chi connectivity index (χ3n) is 6.83. The first-order valence-electron chi connectivity index (χ1n) is 12.4. The Morgan fingerprint density at radius 2 is 1.86 bits per heavy atom. The quantitative estimate of drug-likeness (QED) is 0.457. The second-order valence-corrected chi connectivity index (χ2v) is 9.85. The van der Waals surface area contributed by atoms with Crippen molar-refractivity contribution in [2.24, 2.45) is 0 Å². The Morgan fingerprint density at radius 3 is 2.60 bits per heavy atom. The summed E-state index contributed by atoms with van der Waals surface area (Å²) in [5, 5.41) is 5.21. The van der Waals surface area contributed by atoms with Gasteiger partial charge in [0.05, 0.1) is 25.8 Å². The number of hydrogen-bond donors (Lipinski definition) is 2. The number of pyridine rings is 1. The van der Waals surface area contributed by atoms with Crippen molar-refractivity contribution in [3.8, 4) is 0 Å². The normalized spacial score (nSPS) is 15.2. The minimum Gasteiger partial charge on any atom is -0.379 e. The van der Waals surface area contributed by atoms with Gasteiger partial charge in [-0.25, -0.2) is 0 Å². The summed E-state index contributed by atoms with van der Waals surface area (Å²) in [6, 6.07) is 16.6. The van der Waals surface area contributed by atoms with Crippen LogP contribution in [0.1, 0.15) is 41.6 Å². The molecule has 0 spiro atoms. The van der Waals surface area contributed by atoms with Crippen LogP contribution in [0.4, 0.5) is 0 Å². The number of aryl methyl sites for hydroxylation is 2. The Hall–Kier alpha value is -2.74. The highest BCUT2D eigenvalue weighted by molar-refractivity contribution is 7.80. The highest BCUT2D eigenvalue weighted by Crippen LogP contribution is 2.18. The number of nitrogens with one attached hydrogen (secondary N) is 2. The van der Waals surface area contributed by atoms with Gasteiger partial charge in [0.1, 0.15) is 0 Å². The standard InChI is InChI=1S/C28H36N4O2S/c1-20-16-24-18-25(27(33)30-26(24)17-21(20)2)19-32(11-7-10-31-12-14-34-15-13-31)28(35)29-22(3)23-8-5-4-6-9-23/h4-6,8-9,16-18,22H,7,10-15,19H2,1-3H3,(H,29,35)(H,30,33)/t22-/m1/s1. The SMILES string of the molecule is Cc1cc2cc(CN(CCCN3CCOCC3)C(=S)N[C@H](C)c3ccccc3)c(=O)[nH]c2cc1C. The van der Waals surface area contributed by atoms with Gasteiger partial charge >= 0.3 is 0 Å². The first kappa shape index (κ1) is 25.4. The van der Waals surface area contributed by atoms with Crippen LogP contribution in [0.3, 0.4) is 0 Å². The van der Waals surface area contributed by atoms with Crippen LogP contribution in [-0.2, 0) is 11.3 Å². The van der Waals surface area contributed by atoms with E-state index in [9.17, 15) is 4.79 Å². The van der Waals surface area contributed by atoms with Gasteiger partial charge in [0.15, 0.2) is 5.11 Å². The summed E-state index contributed by atoms with van der Waals surface area (Å²) in [7, 11) is 0. The summed E-state index contributed by atoms with van der Waals surface area (Å²) in [4.78, 5) is 20.6. The van der Waals surface area contributed by atoms with Crippen molar-refractivity contribution in [2.45, 2.75) is 39.8 Å². The van der Waals surface area contributed by atoms with Gasteiger partial charge in [0.2, 0.25) is 0 Å². The van der Waals surface area contributed by atoms with E-state index in [4.69, 9.17) is 17.0 Å². The predicted molar refractivity (Wildman–Crippen MR) is 147 cm³/mol. The number of morpholine rings is 1. The van der Waals surface area contributed by atoms with E-state index in [0.717, 1.165) is 62.3 Å². The number of nitrogens with zero attached hydrogens (tertiary/aromatic N) is 2. The summed E-state index contributed by atoms with van der Waals surface area (Å²) >= 11 is 5.87. The molecule has 1 aliphatic rings. The second-order valence-electron chi connectivity index (χ2n) is 9.46. The molecule has 2 heterocycles. The molecule has 6 nitrogen and oxygen atoms in total. The molecule has 186 valence electrons. The molecule has 4 rings (SSSR count). The number of rotatable bonds is 8. The molecule has 35 heavy (non-hydrogen) atoms. The Kier molecular flexibility index (Phi) is 8.55. The van der Waals surface area contributed by atoms with Gasteiger partial charge in [-0.2, -0.15) is 0 Å². The molecule has 0 aliphatic carbocycles. The minimum absolute atomic E-state index is 0.0576. The molecule has 0 radical (unpaired) electrons. The number of H-pyrrole nitrogens is 1. The van der Waals surface area contributed by atoms with Crippen LogP contribution in [0.15, 0.2) is 53.3 Å². The number of aromatic nitrogens is 1. The van der Waals surface area contributed by atoms with Crippen molar-refractivity contribution in [3.05, 3.63) is 81.1 Å². The number of ether oxygens (including phenoxy) is 1. The van der Waals surface area contributed by atoms with E-state index in [0.29, 0.717) is 11.7 Å². The molecule has 1 aliphatic heterocycles. The summed E-state index contributed by atoms with van der Waals surface area (Å²) in [5.41, 5.74) is 5.11. The topological polar surface area (TPSA) is 60.6 Å². The summed E-state index contributed by atoms with van der Waals surface area (Å²) in [6.07, 6.45) is 0.964. The zero-order valence-electron chi connectivity index (χ0n) is 21.0. The van der Waals surface area contributed by atoms with Crippen LogP contribution in [0.25, 0.3) is 10.9 Å². The maximum atomic E-state index is 13.0. The minimum atomic E-state index is -0.0576. The van der Waals surface area contributed by atoms with Crippen molar-refractivity contribution in [3.63, 3.8) is 0 Å². The molecular weight excluding hydrogens is 456 g/mol. The van der Waals surface area contributed by atoms with Crippen LogP contribution in [-0.4, -0.2) is 59.3 Å². The first-order chi connectivity index (χ1) is 16.9. The average molecular weight is 493 g/mol. The molecule has 0 amide bonds. The number of hydrogen-bond acceptors (Lipinski definition) is 4. The molecule has 1 atom stereocenters. The number of thiocarbonyl (C=S) groups is 1. The number of fused-ring (bicyclic) bond motifs is 1. The van der Waals surface area contributed by atoms with Crippen LogP contribution < -0.4 is 10.9 Å². The van der Waals surface area contributed by atoms with Gasteiger partial charge in [0, 0.05) is 37.3 Å². The highest BCUT2D eigenvalue weighted by Gasteiger charge is 2.17. The maximum absolute atomic E-state index is 13.0. The monoisotopic (exact) mass is 492 g/mol. The van der Waals surface area contributed by atoms with Gasteiger partial charge in [-0.1, -0.05) is 30.3 Å². The van der Waals surface area contributed by atoms with Crippen molar-refractivity contribution < 1.29 is 4.74 Å². The molecule has 0 saturated carbocycles. The summed E-state index contributed by atoms with van der Waals surface area (Å²) in [5.74, 6) is 0. The maximum Gasteiger partial charge on any atom is 0.253 e. The van der Waals surface area contributed by atoms with Crippen molar-refractivity contribution in [1.82, 2.24) is 20.1 Å². The van der Waals surface area contributed by atoms with Crippen LogP contribution in [0.2, 0.25) is 0 Å². The largest absolute Gasteiger partial charge is 0.379 e. The molecule has 3 aromatic rings. The van der Waals surface area contributed by atoms with Gasteiger partial charge in [-0.15, -0.1) is 0 Å². The molecule has 1 aromatic heterocycles. The molecule has 1 saturated heterocycles. The fraction of sp³-hybridized carbons (Fsp3) is 0.429. The molecular formula is C28H36N4O2S. The van der Waals surface area contributed by atoms with Gasteiger partial charge in [0.25, 0.3) is 5.56 Å². The fourth-order valence-electron chi connectivity index (χ4n) is 4.51. The lowest BCUT2D eigenvalue weighted by molar-refractivity contribution is 0.0367. The lowest BCUT2D eigenvalue weighted by Gasteiger charge is -2.30. The molecule has 2 aromatic carbocycles. The summed E-state index contributed by atoms with van der Waals surface area (Å²) in [6.45, 7) is 12.0. The number of benzene rings is 2. The van der Waals surface area contributed by atoms with E-state index in [1.807, 2.05) is 30.3 Å².